The molecule has 148 heavy (non-hydrogen) atoms. The summed E-state index contributed by atoms with van der Waals surface area (Å²) in [5.74, 6) is 2.88. The maximum atomic E-state index is 12.4. The van der Waals surface area contributed by atoms with Crippen LogP contribution in [-0.4, -0.2) is 247 Å². The van der Waals surface area contributed by atoms with Crippen LogP contribution in [0.25, 0.3) is 0 Å². The highest BCUT2D eigenvalue weighted by atomic mass is 16.6. The molecule has 8 aliphatic heterocycles. The van der Waals surface area contributed by atoms with Gasteiger partial charge < -0.3 is 67.1 Å². The zero-order chi connectivity index (χ0) is 109. The number of ether oxygens (including phenoxy) is 9. The number of likely N-dealkylation sites (tertiary alicyclic amines) is 8. The Bertz CT molecular complexity index is 4140. The van der Waals surface area contributed by atoms with Gasteiger partial charge in [0.05, 0.1) is 0 Å². The normalized spacial score (nSPS) is 22.5. The number of piperidine rings is 5. The first-order valence-corrected chi connectivity index (χ1v) is 58.7. The van der Waals surface area contributed by atoms with E-state index in [1.807, 2.05) is 128 Å². The van der Waals surface area contributed by atoms with Crippen LogP contribution in [0.15, 0.2) is 30.3 Å². The number of imide groups is 3. The van der Waals surface area contributed by atoms with Crippen LogP contribution in [-0.2, 0) is 68.2 Å². The molecule has 29 nitrogen and oxygen atoms in total. The minimum Gasteiger partial charge on any atom is -0.460 e. The highest BCUT2D eigenvalue weighted by molar-refractivity contribution is 5.95. The Kier molecular flexibility index (Phi) is 52.3. The number of nitrogens with zero attached hydrogens (tertiary/aromatic N) is 8. The third-order valence-electron chi connectivity index (χ3n) is 34.0. The molecule has 0 radical (unpaired) electrons. The fourth-order valence-corrected chi connectivity index (χ4v) is 22.8. The van der Waals surface area contributed by atoms with Gasteiger partial charge in [0.2, 0.25) is 17.7 Å². The first kappa shape index (κ1) is 127. The van der Waals surface area contributed by atoms with E-state index in [4.69, 9.17) is 42.6 Å². The minimum absolute atomic E-state index is 0.0775. The second-order valence-corrected chi connectivity index (χ2v) is 49.0. The third kappa shape index (κ3) is 42.4. The molecule has 8 saturated heterocycles. The summed E-state index contributed by atoms with van der Waals surface area (Å²) in [5, 5.41) is 0. The molecule has 1 aromatic carbocycles. The van der Waals surface area contributed by atoms with Crippen LogP contribution in [0, 0.1) is 35.0 Å². The van der Waals surface area contributed by atoms with E-state index in [0.717, 1.165) is 257 Å². The zero-order valence-corrected chi connectivity index (χ0v) is 96.7. The molecule has 0 aromatic heterocycles. The topological polar surface area (TPSA) is 314 Å². The summed E-state index contributed by atoms with van der Waals surface area (Å²) in [7, 11) is 0. The Balaban J connectivity index is 0.000000226. The van der Waals surface area contributed by atoms with Gasteiger partial charge in [0.15, 0.2) is 0 Å². The molecular weight excluding hydrogens is 1880 g/mol. The van der Waals surface area contributed by atoms with E-state index >= 15 is 0 Å². The Morgan fingerprint density at radius 3 is 1.08 bits per heavy atom. The molecule has 11 amide bonds. The lowest BCUT2D eigenvalue weighted by Crippen LogP contribution is -2.58. The first-order chi connectivity index (χ1) is 69.9. The van der Waals surface area contributed by atoms with Crippen molar-refractivity contribution in [2.45, 2.75) is 530 Å². The number of hydrogen-bond donors (Lipinski definition) is 0. The molecule has 15 aliphatic rings. The van der Waals surface area contributed by atoms with Gasteiger partial charge in [-0.3, -0.25) is 19.2 Å². The minimum atomic E-state index is -0.528. The van der Waals surface area contributed by atoms with Crippen molar-refractivity contribution in [3.05, 3.63) is 35.9 Å². The average molecular weight is 2080 g/mol. The van der Waals surface area contributed by atoms with Crippen LogP contribution in [0.2, 0.25) is 0 Å². The van der Waals surface area contributed by atoms with Gasteiger partial charge in [-0.15, -0.1) is 0 Å². The van der Waals surface area contributed by atoms with E-state index in [9.17, 15) is 57.5 Å². The Labute approximate surface area is 893 Å². The lowest BCUT2D eigenvalue weighted by atomic mass is 9.46. The van der Waals surface area contributed by atoms with Crippen molar-refractivity contribution in [2.24, 2.45) is 35.0 Å². The number of benzene rings is 1. The maximum Gasteiger partial charge on any atom is 0.417 e. The number of hydrogen-bond acceptors (Lipinski definition) is 21. The van der Waals surface area contributed by atoms with Crippen LogP contribution in [0.4, 0.5) is 38.4 Å². The average Bonchev–Trinajstić information content (AvgIpc) is 1.05. The van der Waals surface area contributed by atoms with Crippen LogP contribution in [0.5, 0.6) is 0 Å². The largest absolute Gasteiger partial charge is 0.460 e. The predicted molar refractivity (Wildman–Crippen MR) is 581 cm³/mol. The predicted octanol–water partition coefficient (Wildman–Crippen LogP) is 28.6. The molecule has 0 unspecified atom stereocenters. The van der Waals surface area contributed by atoms with E-state index in [2.05, 4.69) is 74.4 Å². The Morgan fingerprint density at radius 2 is 0.709 bits per heavy atom. The van der Waals surface area contributed by atoms with Gasteiger partial charge in [-0.05, 0) is 402 Å². The lowest BCUT2D eigenvalue weighted by Gasteiger charge is -2.61. The molecule has 0 atom stereocenters. The molecule has 7 saturated carbocycles. The summed E-state index contributed by atoms with van der Waals surface area (Å²) < 4.78 is 50.2. The van der Waals surface area contributed by atoms with E-state index in [0.29, 0.717) is 51.2 Å². The molecular formula is C119H204N8O21. The molecule has 15 fully saturated rings. The van der Waals surface area contributed by atoms with Gasteiger partial charge in [-0.2, -0.15) is 0 Å². The van der Waals surface area contributed by atoms with Crippen molar-refractivity contribution in [3.63, 3.8) is 0 Å². The Morgan fingerprint density at radius 1 is 0.358 bits per heavy atom. The van der Waals surface area contributed by atoms with E-state index in [1.54, 1.807) is 4.90 Å². The van der Waals surface area contributed by atoms with Crippen molar-refractivity contribution in [1.82, 2.24) is 39.2 Å². The number of amides is 11. The summed E-state index contributed by atoms with van der Waals surface area (Å²) in [6.45, 7) is 54.2. The van der Waals surface area contributed by atoms with Gasteiger partial charge in [0, 0.05) is 116 Å². The highest BCUT2D eigenvalue weighted by Crippen LogP contribution is 2.64. The molecule has 29 heteroatoms. The number of carbonyl (C=O) groups excluding carboxylic acids is 12. The highest BCUT2D eigenvalue weighted by Gasteiger charge is 2.59. The van der Waals surface area contributed by atoms with Gasteiger partial charge in [0.25, 0.3) is 0 Å². The summed E-state index contributed by atoms with van der Waals surface area (Å²) >= 11 is 0. The lowest BCUT2D eigenvalue weighted by molar-refractivity contribution is -0.167. The van der Waals surface area contributed by atoms with Crippen molar-refractivity contribution < 1.29 is 100 Å². The fraction of sp³-hybridized carbons (Fsp3) is 0.849. The fourth-order valence-electron chi connectivity index (χ4n) is 22.8. The second kappa shape index (κ2) is 61.1. The second-order valence-electron chi connectivity index (χ2n) is 49.0. The summed E-state index contributed by atoms with van der Waals surface area (Å²) in [6, 6.07) is 10.2. The Hall–Kier alpha value is -8.14. The molecule has 7 aliphatic carbocycles. The molecule has 1 aromatic rings. The quantitative estimate of drug-likeness (QED) is 0.0815. The van der Waals surface area contributed by atoms with E-state index < -0.39 is 29.5 Å². The first-order valence-electron chi connectivity index (χ1n) is 58.7. The van der Waals surface area contributed by atoms with E-state index in [1.165, 1.54) is 149 Å². The van der Waals surface area contributed by atoms with Crippen molar-refractivity contribution >= 4 is 72.4 Å². The summed E-state index contributed by atoms with van der Waals surface area (Å²) in [4.78, 5) is 155. The number of carbonyl (C=O) groups is 12. The number of rotatable bonds is 21. The monoisotopic (exact) mass is 2080 g/mol. The molecule has 16 rings (SSSR count). The van der Waals surface area contributed by atoms with Crippen LogP contribution < -0.4 is 0 Å². The van der Waals surface area contributed by atoms with Gasteiger partial charge in [-0.1, -0.05) is 118 Å². The van der Waals surface area contributed by atoms with Crippen molar-refractivity contribution in [1.29, 1.82) is 0 Å². The van der Waals surface area contributed by atoms with Crippen LogP contribution in [0.3, 0.4) is 0 Å². The van der Waals surface area contributed by atoms with Crippen molar-refractivity contribution in [3.8, 4) is 0 Å². The zero-order valence-electron chi connectivity index (χ0n) is 96.7. The smallest absolute Gasteiger partial charge is 0.417 e. The van der Waals surface area contributed by atoms with Gasteiger partial charge in [-0.25, -0.2) is 53.1 Å². The van der Waals surface area contributed by atoms with Gasteiger partial charge in [0.1, 0.15) is 50.4 Å². The molecule has 4 bridgehead atoms. The number of aryl methyl sites for hydroxylation is 1. The SMILES string of the molecule is CC(C)(C)OC(=O)N1CCCCC1.CC(C)(OC(=O)N1CCCC1=O)C12CC3CC(CC(C3)C1)C2.CC(C)(OC(=O)N1CCCCC1)C1CCCCC1.CC(C)C(C)(C)OC(=O)N1CCCC1=O.CC1(OC(=O)N2CCCCC2)CCCCC1.CCC(C)(C)OC(=O)CCCc1ccccc1.CCC(C)(C)OC(=O)N1CCCCC1.CCC(CC)(CC)OC(=O)N1CCCCC1.CCC1(OC(=O)N2CCCC2=O)CCCCC1. The third-order valence-corrected chi connectivity index (χ3v) is 34.0. The maximum absolute atomic E-state index is 12.4. The van der Waals surface area contributed by atoms with Crippen LogP contribution in [0.1, 0.15) is 479 Å². The number of esters is 1. The molecule has 0 spiro atoms. The molecule has 846 valence electrons. The summed E-state index contributed by atoms with van der Waals surface area (Å²) in [5.41, 5.74) is -1.64. The van der Waals surface area contributed by atoms with E-state index in [-0.39, 0.29) is 105 Å². The van der Waals surface area contributed by atoms with Crippen molar-refractivity contribution in [2.75, 3.05) is 85.1 Å². The van der Waals surface area contributed by atoms with Gasteiger partial charge >= 0.3 is 54.7 Å². The summed E-state index contributed by atoms with van der Waals surface area (Å²) in [6.07, 6.45) is 51.9. The van der Waals surface area contributed by atoms with Crippen LogP contribution >= 0.6 is 0 Å². The standard InChI is InChI=1S/C18H27NO3.C15H27NO2.C15H22O2.C13H21NO3.C13H23NO2.C13H25NO2.C11H19NO3.C11H21NO2.C10H19NO2/c1-17(2,22-16(21)19-5-3-4-15(19)20)18-9-12-6-13(10-18)8-14(7-12)11-18;1-15(2,13-9-5-3-6-10-13)18-14(17)16-11-7-4-8-12-16;1-4-15(2,3)17-14(16)12-8-11-13-9-6-5-7-10-13;1-2-13(8-4-3-5-9-13)17-12(16)14-10-6-7-11(14)15;1-13(8-4-2-5-9-13)16-12(15)14-10-6-3-7-11-14;1-4-13(5-2,6-3)16-12(15)14-10-8-7-9-11-14;1-8(2)11(3,4)15-10(14)12-7-5-6-9(12)13;1-4-11(2,3)14-10(13)12-8-6-5-7-9-12;1-10(2,3)13-9(12)11-7-5-4-6-8-11/h12-14H,3-11H2,1-2H3;13H,3-12H2,1-2H3;5-7,9-10H,4,8,11-12H2,1-3H3;2-10H2,1H3;2-11H2,1H3;4-11H2,1-3H3;8H,5-7H2,1-4H3;4-9H2,1-3H3;4-8H2,1-3H3. The molecule has 8 heterocycles. The molecule has 0 N–H and O–H groups in total.